The van der Waals surface area contributed by atoms with E-state index in [1.54, 1.807) is 11.3 Å². The summed E-state index contributed by atoms with van der Waals surface area (Å²) in [4.78, 5) is 2.90. The first-order valence-electron chi connectivity index (χ1n) is 7.37. The van der Waals surface area contributed by atoms with Crippen LogP contribution in [0.4, 0.5) is 5.69 Å². The summed E-state index contributed by atoms with van der Waals surface area (Å²) in [5.41, 5.74) is 9.09. The van der Waals surface area contributed by atoms with Crippen LogP contribution in [0.2, 0.25) is 0 Å². The topological polar surface area (TPSA) is 53.1 Å². The van der Waals surface area contributed by atoms with Crippen LogP contribution in [0.5, 0.6) is 0 Å². The highest BCUT2D eigenvalue weighted by Crippen LogP contribution is 2.29. The van der Waals surface area contributed by atoms with E-state index in [1.807, 2.05) is 26.2 Å². The van der Waals surface area contributed by atoms with E-state index in [2.05, 4.69) is 53.5 Å². The number of nitrogens with two attached hydrogens (primary N) is 1. The van der Waals surface area contributed by atoms with Crippen LogP contribution in [0, 0.1) is 5.41 Å². The maximum Gasteiger partial charge on any atom is 0.133 e. The van der Waals surface area contributed by atoms with Crippen molar-refractivity contribution in [2.45, 2.75) is 0 Å². The van der Waals surface area contributed by atoms with Crippen LogP contribution >= 0.6 is 23.7 Å². The number of nitrogens with one attached hydrogen (secondary N) is 1. The zero-order valence-corrected chi connectivity index (χ0v) is 15.2. The summed E-state index contributed by atoms with van der Waals surface area (Å²) in [5.74, 6) is 0.125. The third-order valence-corrected chi connectivity index (χ3v) is 4.86. The number of hydrogen-bond donors (Lipinski definition) is 2. The number of nitrogen functional groups attached to an aromatic ring is 1. The molecule has 1 heterocycles. The second-order valence-electron chi connectivity index (χ2n) is 5.60. The van der Waals surface area contributed by atoms with Gasteiger partial charge in [0.15, 0.2) is 0 Å². The van der Waals surface area contributed by atoms with Crippen molar-refractivity contribution in [3.05, 3.63) is 64.5 Å². The van der Waals surface area contributed by atoms with Crippen LogP contribution < -0.4 is 10.6 Å². The summed E-state index contributed by atoms with van der Waals surface area (Å²) in [6.07, 6.45) is 4.23. The number of halogens is 1. The van der Waals surface area contributed by atoms with Gasteiger partial charge in [-0.1, -0.05) is 36.4 Å². The first-order chi connectivity index (χ1) is 11.0. The largest absolute Gasteiger partial charge is 0.383 e. The standard InChI is InChI=1S/C19H19N3S.ClH/c1-22(2)15-10-7-13(8-11-15)6-9-14-4-3-5-17-16(14)12-18(23-17)19(20)21;/h3-12H,1-2H3,(H3,20,21);1H/b9-6+;. The molecule has 0 atom stereocenters. The average molecular weight is 358 g/mol. The Hall–Kier alpha value is -2.30. The summed E-state index contributed by atoms with van der Waals surface area (Å²) >= 11 is 1.56. The predicted molar refractivity (Wildman–Crippen MR) is 110 cm³/mol. The van der Waals surface area contributed by atoms with Crippen molar-refractivity contribution in [1.29, 1.82) is 5.41 Å². The van der Waals surface area contributed by atoms with Crippen molar-refractivity contribution in [3.63, 3.8) is 0 Å². The molecule has 5 heteroatoms. The molecule has 0 fully saturated rings. The van der Waals surface area contributed by atoms with Crippen LogP contribution in [-0.2, 0) is 0 Å². The lowest BCUT2D eigenvalue weighted by molar-refractivity contribution is 1.13. The van der Waals surface area contributed by atoms with Crippen molar-refractivity contribution in [2.75, 3.05) is 19.0 Å². The monoisotopic (exact) mass is 357 g/mol. The first-order valence-corrected chi connectivity index (χ1v) is 8.18. The van der Waals surface area contributed by atoms with E-state index >= 15 is 0 Å². The minimum Gasteiger partial charge on any atom is -0.383 e. The average Bonchev–Trinajstić information content (AvgIpc) is 2.98. The summed E-state index contributed by atoms with van der Waals surface area (Å²) in [7, 11) is 4.07. The molecule has 24 heavy (non-hydrogen) atoms. The molecule has 2 aromatic carbocycles. The molecule has 3 nitrogen and oxygen atoms in total. The normalized spacial score (nSPS) is 10.8. The molecular weight excluding hydrogens is 338 g/mol. The van der Waals surface area contributed by atoms with Gasteiger partial charge in [-0.15, -0.1) is 23.7 Å². The van der Waals surface area contributed by atoms with Gasteiger partial charge < -0.3 is 10.6 Å². The number of benzene rings is 2. The summed E-state index contributed by atoms with van der Waals surface area (Å²) in [6.45, 7) is 0. The molecule has 0 saturated carbocycles. The van der Waals surface area contributed by atoms with E-state index in [9.17, 15) is 0 Å². The second kappa shape index (κ2) is 7.51. The fourth-order valence-corrected chi connectivity index (χ4v) is 3.39. The van der Waals surface area contributed by atoms with Crippen LogP contribution in [-0.4, -0.2) is 19.9 Å². The number of thiophene rings is 1. The van der Waals surface area contributed by atoms with Gasteiger partial charge in [0.1, 0.15) is 5.84 Å². The van der Waals surface area contributed by atoms with Crippen molar-refractivity contribution < 1.29 is 0 Å². The Kier molecular flexibility index (Phi) is 5.65. The number of anilines is 1. The minimum atomic E-state index is 0. The molecule has 0 aliphatic heterocycles. The third kappa shape index (κ3) is 3.78. The lowest BCUT2D eigenvalue weighted by Crippen LogP contribution is -2.08. The fourth-order valence-electron chi connectivity index (χ4n) is 2.43. The quantitative estimate of drug-likeness (QED) is 0.398. The molecule has 0 aliphatic rings. The van der Waals surface area contributed by atoms with Crippen LogP contribution in [0.3, 0.4) is 0 Å². The number of fused-ring (bicyclic) bond motifs is 1. The molecule has 124 valence electrons. The number of nitrogens with zero attached hydrogens (tertiary/aromatic N) is 1. The summed E-state index contributed by atoms with van der Waals surface area (Å²) in [6, 6.07) is 16.6. The smallest absolute Gasteiger partial charge is 0.133 e. The summed E-state index contributed by atoms with van der Waals surface area (Å²) < 4.78 is 1.15. The molecule has 0 saturated heterocycles. The van der Waals surface area contributed by atoms with Gasteiger partial charge in [-0.05, 0) is 35.4 Å². The van der Waals surface area contributed by atoms with Crippen LogP contribution in [0.25, 0.3) is 22.2 Å². The van der Waals surface area contributed by atoms with Crippen LogP contribution in [0.1, 0.15) is 16.0 Å². The Balaban J connectivity index is 0.00000208. The molecular formula is C19H20ClN3S. The van der Waals surface area contributed by atoms with Gasteiger partial charge in [-0.25, -0.2) is 0 Å². The first kappa shape index (κ1) is 18.0. The number of hydrogen-bond acceptors (Lipinski definition) is 3. The molecule has 3 rings (SSSR count). The van der Waals surface area contributed by atoms with E-state index in [0.717, 1.165) is 26.1 Å². The Morgan fingerprint density at radius 3 is 2.42 bits per heavy atom. The lowest BCUT2D eigenvalue weighted by Gasteiger charge is -2.11. The molecule has 3 aromatic rings. The zero-order valence-electron chi connectivity index (χ0n) is 13.6. The van der Waals surface area contributed by atoms with Crippen molar-refractivity contribution in [2.24, 2.45) is 5.73 Å². The highest BCUT2D eigenvalue weighted by molar-refractivity contribution is 7.20. The van der Waals surface area contributed by atoms with Crippen molar-refractivity contribution >= 4 is 57.5 Å². The van der Waals surface area contributed by atoms with Crippen LogP contribution in [0.15, 0.2) is 48.5 Å². The molecule has 3 N–H and O–H groups in total. The Labute approximate surface area is 152 Å². The maximum absolute atomic E-state index is 7.60. The van der Waals surface area contributed by atoms with E-state index in [-0.39, 0.29) is 18.2 Å². The van der Waals surface area contributed by atoms with Crippen molar-refractivity contribution in [3.8, 4) is 0 Å². The Morgan fingerprint density at radius 2 is 1.79 bits per heavy atom. The molecule has 0 radical (unpaired) electrons. The van der Waals surface area contributed by atoms with Gasteiger partial charge in [-0.2, -0.15) is 0 Å². The molecule has 0 bridgehead atoms. The van der Waals surface area contributed by atoms with E-state index < -0.39 is 0 Å². The van der Waals surface area contributed by atoms with E-state index in [1.165, 1.54) is 5.69 Å². The van der Waals surface area contributed by atoms with E-state index in [0.29, 0.717) is 0 Å². The van der Waals surface area contributed by atoms with Gasteiger partial charge in [0, 0.05) is 29.9 Å². The van der Waals surface area contributed by atoms with Crippen molar-refractivity contribution in [1.82, 2.24) is 0 Å². The van der Waals surface area contributed by atoms with Gasteiger partial charge >= 0.3 is 0 Å². The maximum atomic E-state index is 7.60. The number of amidine groups is 1. The number of rotatable bonds is 4. The summed E-state index contributed by atoms with van der Waals surface area (Å²) in [5, 5.41) is 8.74. The molecule has 1 aromatic heterocycles. The third-order valence-electron chi connectivity index (χ3n) is 3.73. The highest BCUT2D eigenvalue weighted by atomic mass is 35.5. The zero-order chi connectivity index (χ0) is 16.4. The van der Waals surface area contributed by atoms with Gasteiger partial charge in [0.05, 0.1) is 4.88 Å². The molecule has 0 unspecified atom stereocenters. The SMILES string of the molecule is CN(C)c1ccc(/C=C/c2cccc3sc(C(=N)N)cc23)cc1.Cl. The van der Waals surface area contributed by atoms with E-state index in [4.69, 9.17) is 11.1 Å². The molecule has 0 aliphatic carbocycles. The highest BCUT2D eigenvalue weighted by Gasteiger charge is 2.06. The Morgan fingerprint density at radius 1 is 1.08 bits per heavy atom. The molecule has 0 amide bonds. The lowest BCUT2D eigenvalue weighted by atomic mass is 10.1. The fraction of sp³-hybridized carbons (Fsp3) is 0.105. The molecule has 0 spiro atoms. The second-order valence-corrected chi connectivity index (χ2v) is 6.69. The van der Waals surface area contributed by atoms with Gasteiger partial charge in [0.2, 0.25) is 0 Å². The minimum absolute atomic E-state index is 0. The van der Waals surface area contributed by atoms with Gasteiger partial charge in [-0.3, -0.25) is 5.41 Å². The van der Waals surface area contributed by atoms with Gasteiger partial charge in [0.25, 0.3) is 0 Å². The Bertz CT molecular complexity index is 879. The predicted octanol–water partition coefficient (Wildman–Crippen LogP) is 4.84.